The molecule has 0 bridgehead atoms. The van der Waals surface area contributed by atoms with Crippen LogP contribution in [0, 0.1) is 5.92 Å². The highest BCUT2D eigenvalue weighted by molar-refractivity contribution is 8.01. The zero-order valence-corrected chi connectivity index (χ0v) is 22.3. The minimum absolute atomic E-state index is 0.115. The molecule has 1 saturated carbocycles. The molecule has 2 aromatic rings. The van der Waals surface area contributed by atoms with Gasteiger partial charge in [0.1, 0.15) is 0 Å². The average Bonchev–Trinajstić information content (AvgIpc) is 3.53. The lowest BCUT2D eigenvalue weighted by Crippen LogP contribution is -2.47. The van der Waals surface area contributed by atoms with E-state index in [2.05, 4.69) is 15.6 Å². The second-order valence-electron chi connectivity index (χ2n) is 9.17. The number of nitrogens with one attached hydrogen (secondary N) is 2. The maximum absolute atomic E-state index is 13.3. The number of amides is 2. The summed E-state index contributed by atoms with van der Waals surface area (Å²) in [5.41, 5.74) is 0.814. The summed E-state index contributed by atoms with van der Waals surface area (Å²) in [7, 11) is -3.29. The van der Waals surface area contributed by atoms with E-state index >= 15 is 0 Å². The molecule has 2 N–H and O–H groups in total. The molecule has 1 atom stereocenters. The number of hydrogen-bond acceptors (Lipinski definition) is 8. The van der Waals surface area contributed by atoms with Crippen molar-refractivity contribution in [3.8, 4) is 0 Å². The van der Waals surface area contributed by atoms with E-state index in [0.29, 0.717) is 16.8 Å². The van der Waals surface area contributed by atoms with Gasteiger partial charge >= 0.3 is 0 Å². The predicted molar refractivity (Wildman–Crippen MR) is 140 cm³/mol. The Labute approximate surface area is 215 Å². The van der Waals surface area contributed by atoms with E-state index in [4.69, 9.17) is 0 Å². The van der Waals surface area contributed by atoms with Crippen LogP contribution in [0.3, 0.4) is 0 Å². The highest BCUT2D eigenvalue weighted by atomic mass is 32.2. The van der Waals surface area contributed by atoms with Gasteiger partial charge in [-0.2, -0.15) is 0 Å². The number of nitrogens with zero attached hydrogens (tertiary/aromatic N) is 2. The molecule has 0 spiro atoms. The lowest BCUT2D eigenvalue weighted by atomic mass is 9.87. The average molecular weight is 537 g/mol. The molecule has 1 saturated heterocycles. The number of anilines is 1. The Balaban J connectivity index is 1.40. The van der Waals surface area contributed by atoms with Gasteiger partial charge < -0.3 is 15.5 Å². The number of sulfone groups is 1. The number of rotatable bonds is 9. The normalized spacial score (nSPS) is 17.9. The first-order chi connectivity index (χ1) is 16.8. The van der Waals surface area contributed by atoms with Crippen LogP contribution in [0.5, 0.6) is 0 Å². The Morgan fingerprint density at radius 3 is 2.54 bits per heavy atom. The minimum Gasteiger partial charge on any atom is -0.339 e. The van der Waals surface area contributed by atoms with Crippen LogP contribution in [-0.2, 0) is 19.4 Å². The standard InChI is InChI=1S/C24H32N4O4S3/c1-35(31,32)19-8-6-18(7-9-19)20(14-17-4-2-3-5-17)23(30)27-24-26-15-22(34-24)33-16-21(29)28-12-10-25-11-13-28/h6-9,15,17,20,25H,2-5,10-14,16H2,1H3,(H,26,27,30). The van der Waals surface area contributed by atoms with Crippen molar-refractivity contribution in [1.82, 2.24) is 15.2 Å². The van der Waals surface area contributed by atoms with Gasteiger partial charge in [-0.3, -0.25) is 9.59 Å². The summed E-state index contributed by atoms with van der Waals surface area (Å²) in [5, 5.41) is 6.72. The molecule has 2 fully saturated rings. The van der Waals surface area contributed by atoms with E-state index in [9.17, 15) is 18.0 Å². The molecule has 2 aliphatic rings. The van der Waals surface area contributed by atoms with Gasteiger partial charge in [-0.25, -0.2) is 13.4 Å². The van der Waals surface area contributed by atoms with E-state index in [-0.39, 0.29) is 22.6 Å². The molecule has 1 unspecified atom stereocenters. The third-order valence-corrected chi connectivity index (χ3v) is 9.81. The van der Waals surface area contributed by atoms with Crippen LogP contribution in [-0.4, -0.2) is 68.3 Å². The number of piperazine rings is 1. The van der Waals surface area contributed by atoms with Gasteiger partial charge in [-0.05, 0) is 30.0 Å². The second kappa shape index (κ2) is 11.9. The monoisotopic (exact) mass is 536 g/mol. The largest absolute Gasteiger partial charge is 0.339 e. The third kappa shape index (κ3) is 7.28. The molecule has 2 amide bonds. The van der Waals surface area contributed by atoms with Gasteiger partial charge in [0.2, 0.25) is 11.8 Å². The molecule has 190 valence electrons. The summed E-state index contributed by atoms with van der Waals surface area (Å²) < 4.78 is 24.6. The highest BCUT2D eigenvalue weighted by Crippen LogP contribution is 2.36. The number of thioether (sulfide) groups is 1. The van der Waals surface area contributed by atoms with E-state index < -0.39 is 9.84 Å². The topological polar surface area (TPSA) is 108 Å². The summed E-state index contributed by atoms with van der Waals surface area (Å²) in [4.78, 5) is 32.2. The first-order valence-electron chi connectivity index (χ1n) is 12.0. The number of aromatic nitrogens is 1. The summed E-state index contributed by atoms with van der Waals surface area (Å²) in [5.74, 6) is 0.447. The first-order valence-corrected chi connectivity index (χ1v) is 15.7. The van der Waals surface area contributed by atoms with Gasteiger partial charge in [0, 0.05) is 32.4 Å². The van der Waals surface area contributed by atoms with Crippen LogP contribution in [0.4, 0.5) is 5.13 Å². The fourth-order valence-corrected chi connectivity index (χ4v) is 7.04. The van der Waals surface area contributed by atoms with Gasteiger partial charge in [0.25, 0.3) is 0 Å². The van der Waals surface area contributed by atoms with E-state index in [1.165, 1.54) is 42.2 Å². The van der Waals surface area contributed by atoms with Crippen molar-refractivity contribution in [3.63, 3.8) is 0 Å². The van der Waals surface area contributed by atoms with Crippen LogP contribution in [0.15, 0.2) is 39.6 Å². The fourth-order valence-electron chi connectivity index (χ4n) is 4.64. The van der Waals surface area contributed by atoms with Crippen molar-refractivity contribution in [2.75, 3.05) is 43.5 Å². The molecule has 1 aliphatic heterocycles. The second-order valence-corrected chi connectivity index (χ2v) is 13.5. The molecule has 4 rings (SSSR count). The number of hydrogen-bond donors (Lipinski definition) is 2. The van der Waals surface area contributed by atoms with Crippen molar-refractivity contribution in [2.45, 2.75) is 47.1 Å². The van der Waals surface area contributed by atoms with Gasteiger partial charge in [-0.1, -0.05) is 49.2 Å². The molecule has 1 aromatic carbocycles. The lowest BCUT2D eigenvalue weighted by Gasteiger charge is -2.27. The van der Waals surface area contributed by atoms with Crippen LogP contribution >= 0.6 is 23.1 Å². The highest BCUT2D eigenvalue weighted by Gasteiger charge is 2.28. The Morgan fingerprint density at radius 2 is 1.89 bits per heavy atom. The minimum atomic E-state index is -3.29. The maximum atomic E-state index is 13.3. The Morgan fingerprint density at radius 1 is 1.20 bits per heavy atom. The van der Waals surface area contributed by atoms with Crippen LogP contribution < -0.4 is 10.6 Å². The van der Waals surface area contributed by atoms with Crippen molar-refractivity contribution in [1.29, 1.82) is 0 Å². The molecule has 35 heavy (non-hydrogen) atoms. The molecule has 0 radical (unpaired) electrons. The molecule has 2 heterocycles. The predicted octanol–water partition coefficient (Wildman–Crippen LogP) is 3.37. The Kier molecular flexibility index (Phi) is 8.85. The summed E-state index contributed by atoms with van der Waals surface area (Å²) in [6.07, 6.45) is 8.21. The molecule has 1 aliphatic carbocycles. The smallest absolute Gasteiger partial charge is 0.233 e. The molecule has 8 nitrogen and oxygen atoms in total. The lowest BCUT2D eigenvalue weighted by molar-refractivity contribution is -0.128. The zero-order valence-electron chi connectivity index (χ0n) is 19.9. The van der Waals surface area contributed by atoms with Crippen molar-refractivity contribution < 1.29 is 18.0 Å². The molecular formula is C24H32N4O4S3. The van der Waals surface area contributed by atoms with Crippen LogP contribution in [0.2, 0.25) is 0 Å². The van der Waals surface area contributed by atoms with E-state index in [1.54, 1.807) is 30.5 Å². The summed E-state index contributed by atoms with van der Waals surface area (Å²) in [6.45, 7) is 3.12. The summed E-state index contributed by atoms with van der Waals surface area (Å²) >= 11 is 2.81. The first kappa shape index (κ1) is 26.1. The zero-order chi connectivity index (χ0) is 24.8. The number of carbonyl (C=O) groups is 2. The van der Waals surface area contributed by atoms with E-state index in [0.717, 1.165) is 55.2 Å². The Bertz CT molecular complexity index is 1120. The van der Waals surface area contributed by atoms with Crippen LogP contribution in [0.1, 0.15) is 43.6 Å². The van der Waals surface area contributed by atoms with Crippen molar-refractivity contribution in [3.05, 3.63) is 36.0 Å². The molecule has 1 aromatic heterocycles. The van der Waals surface area contributed by atoms with Crippen molar-refractivity contribution in [2.24, 2.45) is 5.92 Å². The number of thiazole rings is 1. The fraction of sp³-hybridized carbons (Fsp3) is 0.542. The number of carbonyl (C=O) groups excluding carboxylic acids is 2. The maximum Gasteiger partial charge on any atom is 0.233 e. The SMILES string of the molecule is CS(=O)(=O)c1ccc(C(CC2CCCC2)C(=O)Nc2ncc(SCC(=O)N3CCNCC3)s2)cc1. The van der Waals surface area contributed by atoms with Gasteiger partial charge in [0.05, 0.1) is 27.0 Å². The van der Waals surface area contributed by atoms with Crippen LogP contribution in [0.25, 0.3) is 0 Å². The van der Waals surface area contributed by atoms with E-state index in [1.807, 2.05) is 4.90 Å². The van der Waals surface area contributed by atoms with Gasteiger partial charge in [-0.15, -0.1) is 11.8 Å². The van der Waals surface area contributed by atoms with Crippen molar-refractivity contribution >= 4 is 49.9 Å². The molecule has 11 heteroatoms. The quantitative estimate of drug-likeness (QED) is 0.473. The molecular weight excluding hydrogens is 504 g/mol. The summed E-state index contributed by atoms with van der Waals surface area (Å²) in [6, 6.07) is 6.65. The number of benzene rings is 1. The van der Waals surface area contributed by atoms with Gasteiger partial charge in [0.15, 0.2) is 15.0 Å². The Hall–Kier alpha value is -1.95. The third-order valence-electron chi connectivity index (χ3n) is 6.59.